The number of piperazine rings is 1. The van der Waals surface area contributed by atoms with Crippen LogP contribution in [0.2, 0.25) is 0 Å². The largest absolute Gasteiger partial charge is 0.487 e. The fourth-order valence-corrected chi connectivity index (χ4v) is 3.92. The van der Waals surface area contributed by atoms with E-state index in [0.717, 1.165) is 24.4 Å². The molecular weight excluding hydrogens is 388 g/mol. The number of benzene rings is 2. The first-order chi connectivity index (χ1) is 15.3. The lowest BCUT2D eigenvalue weighted by atomic mass is 10.1. The number of rotatable bonds is 5. The maximum atomic E-state index is 13.0. The molecule has 1 aliphatic rings. The summed E-state index contributed by atoms with van der Waals surface area (Å²) in [5.41, 5.74) is 3.59. The van der Waals surface area contributed by atoms with E-state index >= 15 is 0 Å². The topological polar surface area (TPSA) is 50.1 Å². The Kier molecular flexibility index (Phi) is 5.27. The van der Waals surface area contributed by atoms with Gasteiger partial charge < -0.3 is 18.9 Å². The Bertz CT molecular complexity index is 1150. The van der Waals surface area contributed by atoms with Gasteiger partial charge in [-0.1, -0.05) is 30.3 Å². The number of fused-ring (bicyclic) bond motifs is 1. The molecule has 0 atom stereocenters. The maximum Gasteiger partial charge on any atom is 0.254 e. The number of carbonyl (C=O) groups is 1. The average molecular weight is 412 g/mol. The van der Waals surface area contributed by atoms with Gasteiger partial charge in [0, 0.05) is 49.8 Å². The van der Waals surface area contributed by atoms with Crippen LogP contribution in [0.5, 0.6) is 5.75 Å². The van der Waals surface area contributed by atoms with E-state index in [4.69, 9.17) is 4.74 Å². The van der Waals surface area contributed by atoms with Crippen LogP contribution in [0.25, 0.3) is 5.65 Å². The van der Waals surface area contributed by atoms with Crippen LogP contribution < -0.4 is 9.64 Å². The van der Waals surface area contributed by atoms with Gasteiger partial charge in [-0.15, -0.1) is 0 Å². The Labute approximate surface area is 181 Å². The van der Waals surface area contributed by atoms with Crippen LogP contribution in [-0.4, -0.2) is 46.4 Å². The molecule has 1 aliphatic heterocycles. The number of carbonyl (C=O) groups excluding carboxylic acids is 1. The molecule has 6 nitrogen and oxygen atoms in total. The predicted octanol–water partition coefficient (Wildman–Crippen LogP) is 3.88. The molecule has 2 aromatic carbocycles. The van der Waals surface area contributed by atoms with Crippen molar-refractivity contribution in [2.75, 3.05) is 31.1 Å². The van der Waals surface area contributed by atoms with Gasteiger partial charge in [0.1, 0.15) is 18.0 Å². The number of ether oxygens (including phenoxy) is 1. The zero-order valence-corrected chi connectivity index (χ0v) is 17.2. The standard InChI is InChI=1S/C25H24N4O2/c30-25(28-15-13-27(14-16-28)22-8-2-1-3-9-22)20-7-6-10-23(17-20)31-19-21-18-29-12-5-4-11-24(29)26-21/h1-12,17-18H,13-16,19H2. The zero-order valence-electron chi connectivity index (χ0n) is 17.2. The first-order valence-corrected chi connectivity index (χ1v) is 10.5. The molecule has 0 unspecified atom stereocenters. The Hall–Kier alpha value is -3.80. The molecule has 2 aromatic heterocycles. The monoisotopic (exact) mass is 412 g/mol. The van der Waals surface area contributed by atoms with Crippen molar-refractivity contribution in [1.82, 2.24) is 14.3 Å². The average Bonchev–Trinajstić information content (AvgIpc) is 3.26. The van der Waals surface area contributed by atoms with Crippen molar-refractivity contribution < 1.29 is 9.53 Å². The van der Waals surface area contributed by atoms with E-state index in [1.54, 1.807) is 0 Å². The van der Waals surface area contributed by atoms with E-state index in [9.17, 15) is 4.79 Å². The van der Waals surface area contributed by atoms with Gasteiger partial charge in [-0.3, -0.25) is 4.79 Å². The normalized spacial score (nSPS) is 14.1. The van der Waals surface area contributed by atoms with Crippen LogP contribution in [-0.2, 0) is 6.61 Å². The minimum Gasteiger partial charge on any atom is -0.487 e. The van der Waals surface area contributed by atoms with Gasteiger partial charge in [0.2, 0.25) is 0 Å². The van der Waals surface area contributed by atoms with Gasteiger partial charge in [0.05, 0.1) is 5.69 Å². The number of aromatic nitrogens is 2. The maximum absolute atomic E-state index is 13.0. The lowest BCUT2D eigenvalue weighted by Crippen LogP contribution is -2.48. The number of para-hydroxylation sites is 1. The number of hydrogen-bond acceptors (Lipinski definition) is 4. The molecule has 1 amide bonds. The molecule has 0 saturated carbocycles. The summed E-state index contributed by atoms with van der Waals surface area (Å²) in [6, 6.07) is 23.6. The van der Waals surface area contributed by atoms with Crippen LogP contribution in [0.3, 0.4) is 0 Å². The summed E-state index contributed by atoms with van der Waals surface area (Å²) in [4.78, 5) is 21.8. The van der Waals surface area contributed by atoms with E-state index in [-0.39, 0.29) is 5.91 Å². The van der Waals surface area contributed by atoms with Crippen LogP contribution in [0.1, 0.15) is 16.1 Å². The predicted molar refractivity (Wildman–Crippen MR) is 121 cm³/mol. The number of anilines is 1. The summed E-state index contributed by atoms with van der Waals surface area (Å²) in [6.45, 7) is 3.44. The van der Waals surface area contributed by atoms with E-state index < -0.39 is 0 Å². The Morgan fingerprint density at radius 2 is 1.71 bits per heavy atom. The summed E-state index contributed by atoms with van der Waals surface area (Å²) in [6.07, 6.45) is 3.92. The number of imidazole rings is 1. The third-order valence-corrected chi connectivity index (χ3v) is 5.57. The highest BCUT2D eigenvalue weighted by molar-refractivity contribution is 5.94. The number of pyridine rings is 1. The molecule has 1 fully saturated rings. The summed E-state index contributed by atoms with van der Waals surface area (Å²) in [7, 11) is 0. The third-order valence-electron chi connectivity index (χ3n) is 5.57. The Balaban J connectivity index is 1.21. The van der Waals surface area contributed by atoms with Crippen molar-refractivity contribution in [1.29, 1.82) is 0 Å². The highest BCUT2D eigenvalue weighted by Gasteiger charge is 2.22. The molecule has 0 N–H and O–H groups in total. The Morgan fingerprint density at radius 3 is 2.52 bits per heavy atom. The van der Waals surface area contributed by atoms with Crippen molar-refractivity contribution in [3.8, 4) is 5.75 Å². The van der Waals surface area contributed by atoms with Crippen LogP contribution in [0.4, 0.5) is 5.69 Å². The lowest BCUT2D eigenvalue weighted by Gasteiger charge is -2.36. The molecule has 6 heteroatoms. The van der Waals surface area contributed by atoms with Crippen LogP contribution in [0.15, 0.2) is 85.2 Å². The smallest absolute Gasteiger partial charge is 0.254 e. The molecule has 4 aromatic rings. The first-order valence-electron chi connectivity index (χ1n) is 10.5. The minimum absolute atomic E-state index is 0.0471. The van der Waals surface area contributed by atoms with E-state index in [1.807, 2.05) is 82.4 Å². The van der Waals surface area contributed by atoms with Crippen LogP contribution in [0, 0.1) is 0 Å². The lowest BCUT2D eigenvalue weighted by molar-refractivity contribution is 0.0746. The minimum atomic E-state index is 0.0471. The highest BCUT2D eigenvalue weighted by Crippen LogP contribution is 2.20. The molecule has 3 heterocycles. The fraction of sp³-hybridized carbons (Fsp3) is 0.200. The molecule has 1 saturated heterocycles. The molecule has 31 heavy (non-hydrogen) atoms. The van der Waals surface area contributed by atoms with Crippen LogP contribution >= 0.6 is 0 Å². The highest BCUT2D eigenvalue weighted by atomic mass is 16.5. The molecule has 156 valence electrons. The number of nitrogens with zero attached hydrogens (tertiary/aromatic N) is 4. The summed E-state index contributed by atoms with van der Waals surface area (Å²) < 4.78 is 7.89. The number of amides is 1. The van der Waals surface area contributed by atoms with Gasteiger partial charge in [-0.05, 0) is 42.5 Å². The molecular formula is C25H24N4O2. The van der Waals surface area contributed by atoms with E-state index in [0.29, 0.717) is 31.0 Å². The van der Waals surface area contributed by atoms with Gasteiger partial charge >= 0.3 is 0 Å². The Morgan fingerprint density at radius 1 is 0.903 bits per heavy atom. The molecule has 5 rings (SSSR count). The third kappa shape index (κ3) is 4.23. The van der Waals surface area contributed by atoms with Crippen molar-refractivity contribution >= 4 is 17.2 Å². The summed E-state index contributed by atoms with van der Waals surface area (Å²) in [5, 5.41) is 0. The second kappa shape index (κ2) is 8.52. The first kappa shape index (κ1) is 19.2. The molecule has 0 radical (unpaired) electrons. The van der Waals surface area contributed by atoms with Crippen molar-refractivity contribution in [2.45, 2.75) is 6.61 Å². The SMILES string of the molecule is O=C(c1cccc(OCc2cn3ccccc3n2)c1)N1CCN(c2ccccc2)CC1. The summed E-state index contributed by atoms with van der Waals surface area (Å²) >= 11 is 0. The van der Waals surface area contributed by atoms with Gasteiger partial charge in [-0.2, -0.15) is 0 Å². The van der Waals surface area contributed by atoms with E-state index in [1.165, 1.54) is 5.69 Å². The molecule has 0 bridgehead atoms. The zero-order chi connectivity index (χ0) is 21.0. The molecule has 0 spiro atoms. The molecule has 0 aliphatic carbocycles. The second-order valence-electron chi connectivity index (χ2n) is 7.63. The van der Waals surface area contributed by atoms with Gasteiger partial charge in [0.25, 0.3) is 5.91 Å². The summed E-state index contributed by atoms with van der Waals surface area (Å²) in [5.74, 6) is 0.719. The van der Waals surface area contributed by atoms with Gasteiger partial charge in [0.15, 0.2) is 0 Å². The van der Waals surface area contributed by atoms with Crippen molar-refractivity contribution in [3.05, 3.63) is 96.4 Å². The van der Waals surface area contributed by atoms with Crippen molar-refractivity contribution in [2.24, 2.45) is 0 Å². The van der Waals surface area contributed by atoms with Gasteiger partial charge in [-0.25, -0.2) is 4.98 Å². The second-order valence-corrected chi connectivity index (χ2v) is 7.63. The fourth-order valence-electron chi connectivity index (χ4n) is 3.92. The quantitative estimate of drug-likeness (QED) is 0.499. The number of hydrogen-bond donors (Lipinski definition) is 0. The van der Waals surface area contributed by atoms with Crippen molar-refractivity contribution in [3.63, 3.8) is 0 Å². The van der Waals surface area contributed by atoms with E-state index in [2.05, 4.69) is 22.0 Å².